The van der Waals surface area contributed by atoms with E-state index in [4.69, 9.17) is 9.72 Å². The van der Waals surface area contributed by atoms with E-state index in [-0.39, 0.29) is 5.56 Å². The van der Waals surface area contributed by atoms with Crippen molar-refractivity contribution in [3.05, 3.63) is 56.8 Å². The van der Waals surface area contributed by atoms with E-state index in [1.165, 1.54) is 11.1 Å². The molecule has 126 valence electrons. The molecule has 0 amide bonds. The Balaban J connectivity index is 1.48. The molecule has 1 aliphatic heterocycles. The second kappa shape index (κ2) is 6.06. The van der Waals surface area contributed by atoms with Gasteiger partial charge in [0, 0.05) is 24.6 Å². The number of rotatable bonds is 4. The molecule has 1 fully saturated rings. The zero-order valence-electron chi connectivity index (χ0n) is 14.3. The number of hydrogen-bond donors (Lipinski definition) is 1. The molecule has 0 radical (unpaired) electrons. The van der Waals surface area contributed by atoms with Gasteiger partial charge in [-0.05, 0) is 50.3 Å². The second-order valence-electron chi connectivity index (χ2n) is 6.92. The van der Waals surface area contributed by atoms with E-state index in [0.717, 1.165) is 48.6 Å². The van der Waals surface area contributed by atoms with Gasteiger partial charge in [0.25, 0.3) is 5.56 Å². The standard InChI is InChI=1S/C19H23N3O2/c1-12-4-3-5-17(13(12)2)24-11-22-9-8-15-16(10-22)20-18(14-6-7-14)21-19(15)23/h3-5,14H,6-11H2,1-2H3,(H,20,21,23). The number of aromatic nitrogens is 2. The third-order valence-corrected chi connectivity index (χ3v) is 5.09. The molecule has 0 spiro atoms. The lowest BCUT2D eigenvalue weighted by Crippen LogP contribution is -2.37. The highest BCUT2D eigenvalue weighted by molar-refractivity contribution is 5.38. The van der Waals surface area contributed by atoms with Gasteiger partial charge >= 0.3 is 0 Å². The largest absolute Gasteiger partial charge is 0.478 e. The van der Waals surface area contributed by atoms with Crippen LogP contribution in [0, 0.1) is 13.8 Å². The minimum absolute atomic E-state index is 0.0528. The molecule has 0 saturated heterocycles. The number of H-pyrrole nitrogens is 1. The molecule has 0 unspecified atom stereocenters. The van der Waals surface area contributed by atoms with Crippen LogP contribution in [0.3, 0.4) is 0 Å². The van der Waals surface area contributed by atoms with Gasteiger partial charge in [0.15, 0.2) is 0 Å². The monoisotopic (exact) mass is 325 g/mol. The average Bonchev–Trinajstić information content (AvgIpc) is 3.41. The summed E-state index contributed by atoms with van der Waals surface area (Å²) in [7, 11) is 0. The minimum Gasteiger partial charge on any atom is -0.478 e. The van der Waals surface area contributed by atoms with Crippen molar-refractivity contribution in [1.29, 1.82) is 0 Å². The fourth-order valence-corrected chi connectivity index (χ4v) is 3.21. The van der Waals surface area contributed by atoms with Crippen LogP contribution in [0.25, 0.3) is 0 Å². The van der Waals surface area contributed by atoms with Gasteiger partial charge in [0.2, 0.25) is 0 Å². The molecule has 0 bridgehead atoms. The summed E-state index contributed by atoms with van der Waals surface area (Å²) < 4.78 is 6.00. The second-order valence-corrected chi connectivity index (χ2v) is 6.92. The molecule has 5 heteroatoms. The molecular weight excluding hydrogens is 302 g/mol. The molecule has 0 atom stereocenters. The first-order valence-corrected chi connectivity index (χ1v) is 8.65. The van der Waals surface area contributed by atoms with Crippen LogP contribution in [0.4, 0.5) is 0 Å². The van der Waals surface area contributed by atoms with Crippen LogP contribution in [0.2, 0.25) is 0 Å². The molecule has 1 saturated carbocycles. The fourth-order valence-electron chi connectivity index (χ4n) is 3.21. The van der Waals surface area contributed by atoms with Gasteiger partial charge < -0.3 is 9.72 Å². The molecule has 1 aromatic carbocycles. The molecule has 24 heavy (non-hydrogen) atoms. The van der Waals surface area contributed by atoms with Crippen LogP contribution in [-0.2, 0) is 13.0 Å². The Morgan fingerprint density at radius 2 is 2.17 bits per heavy atom. The Hall–Kier alpha value is -2.14. The third-order valence-electron chi connectivity index (χ3n) is 5.09. The average molecular weight is 325 g/mol. The van der Waals surface area contributed by atoms with Crippen LogP contribution >= 0.6 is 0 Å². The summed E-state index contributed by atoms with van der Waals surface area (Å²) in [6, 6.07) is 6.12. The zero-order chi connectivity index (χ0) is 16.7. The van der Waals surface area contributed by atoms with Crippen molar-refractivity contribution in [2.75, 3.05) is 13.3 Å². The van der Waals surface area contributed by atoms with Gasteiger partial charge in [-0.15, -0.1) is 0 Å². The fraction of sp³-hybridized carbons (Fsp3) is 0.474. The van der Waals surface area contributed by atoms with Gasteiger partial charge in [-0.2, -0.15) is 0 Å². The quantitative estimate of drug-likeness (QED) is 0.939. The van der Waals surface area contributed by atoms with Crippen molar-refractivity contribution in [3.8, 4) is 5.75 Å². The lowest BCUT2D eigenvalue weighted by Gasteiger charge is -2.27. The van der Waals surface area contributed by atoms with Crippen LogP contribution in [0.15, 0.2) is 23.0 Å². The summed E-state index contributed by atoms with van der Waals surface area (Å²) in [6.07, 6.45) is 3.02. The van der Waals surface area contributed by atoms with Crippen LogP contribution in [0.5, 0.6) is 5.75 Å². The molecule has 2 aliphatic rings. The number of aryl methyl sites for hydroxylation is 1. The van der Waals surface area contributed by atoms with Crippen molar-refractivity contribution < 1.29 is 4.74 Å². The van der Waals surface area contributed by atoms with Crippen molar-refractivity contribution in [2.45, 2.75) is 45.6 Å². The van der Waals surface area contributed by atoms with Crippen LogP contribution < -0.4 is 10.3 Å². The predicted molar refractivity (Wildman–Crippen MR) is 92.4 cm³/mol. The molecule has 2 aromatic rings. The highest BCUT2D eigenvalue weighted by Gasteiger charge is 2.29. The van der Waals surface area contributed by atoms with E-state index < -0.39 is 0 Å². The summed E-state index contributed by atoms with van der Waals surface area (Å²) >= 11 is 0. The molecule has 1 aliphatic carbocycles. The lowest BCUT2D eigenvalue weighted by molar-refractivity contribution is 0.111. The van der Waals surface area contributed by atoms with Crippen molar-refractivity contribution in [1.82, 2.24) is 14.9 Å². The SMILES string of the molecule is Cc1cccc(OCN2CCc3c(nc(C4CC4)[nH]c3=O)C2)c1C. The smallest absolute Gasteiger partial charge is 0.254 e. The number of nitrogens with zero attached hydrogens (tertiary/aromatic N) is 2. The number of hydrogen-bond acceptors (Lipinski definition) is 4. The molecule has 5 nitrogen and oxygen atoms in total. The number of benzene rings is 1. The molecule has 4 rings (SSSR count). The lowest BCUT2D eigenvalue weighted by atomic mass is 10.1. The number of aromatic amines is 1. The first kappa shape index (κ1) is 15.4. The highest BCUT2D eigenvalue weighted by atomic mass is 16.5. The van der Waals surface area contributed by atoms with E-state index >= 15 is 0 Å². The highest BCUT2D eigenvalue weighted by Crippen LogP contribution is 2.37. The Morgan fingerprint density at radius 3 is 2.96 bits per heavy atom. The number of fused-ring (bicyclic) bond motifs is 1. The summed E-state index contributed by atoms with van der Waals surface area (Å²) in [5.74, 6) is 2.26. The summed E-state index contributed by atoms with van der Waals surface area (Å²) in [6.45, 7) is 6.21. The zero-order valence-corrected chi connectivity index (χ0v) is 14.3. The minimum atomic E-state index is 0.0528. The van der Waals surface area contributed by atoms with E-state index in [0.29, 0.717) is 19.2 Å². The summed E-state index contributed by atoms with van der Waals surface area (Å²) in [4.78, 5) is 22.1. The Bertz CT molecular complexity index is 824. The van der Waals surface area contributed by atoms with Crippen LogP contribution in [-0.4, -0.2) is 28.1 Å². The van der Waals surface area contributed by atoms with Crippen molar-refractivity contribution >= 4 is 0 Å². The Kier molecular flexibility index (Phi) is 3.88. The maximum absolute atomic E-state index is 12.2. The summed E-state index contributed by atoms with van der Waals surface area (Å²) in [5, 5.41) is 0. The maximum atomic E-state index is 12.2. The molecule has 2 heterocycles. The predicted octanol–water partition coefficient (Wildman–Crippen LogP) is 2.66. The van der Waals surface area contributed by atoms with E-state index in [9.17, 15) is 4.79 Å². The van der Waals surface area contributed by atoms with Gasteiger partial charge in [-0.25, -0.2) is 4.98 Å². The van der Waals surface area contributed by atoms with Gasteiger partial charge in [0.1, 0.15) is 18.3 Å². The number of ether oxygens (including phenoxy) is 1. The molecule has 1 aromatic heterocycles. The van der Waals surface area contributed by atoms with Gasteiger partial charge in [0.05, 0.1) is 5.69 Å². The Morgan fingerprint density at radius 1 is 1.33 bits per heavy atom. The number of nitrogens with one attached hydrogen (secondary N) is 1. The van der Waals surface area contributed by atoms with E-state index in [1.807, 2.05) is 12.1 Å². The van der Waals surface area contributed by atoms with E-state index in [2.05, 4.69) is 29.8 Å². The first-order valence-electron chi connectivity index (χ1n) is 8.65. The first-order chi connectivity index (χ1) is 11.6. The third kappa shape index (κ3) is 2.96. The normalized spacial score (nSPS) is 17.6. The Labute approximate surface area is 141 Å². The summed E-state index contributed by atoms with van der Waals surface area (Å²) in [5.41, 5.74) is 4.25. The van der Waals surface area contributed by atoms with Gasteiger partial charge in [-0.3, -0.25) is 9.69 Å². The maximum Gasteiger partial charge on any atom is 0.254 e. The van der Waals surface area contributed by atoms with Gasteiger partial charge in [-0.1, -0.05) is 12.1 Å². The van der Waals surface area contributed by atoms with Crippen molar-refractivity contribution in [2.24, 2.45) is 0 Å². The van der Waals surface area contributed by atoms with Crippen LogP contribution in [0.1, 0.15) is 47.0 Å². The molecule has 1 N–H and O–H groups in total. The molecular formula is C19H23N3O2. The topological polar surface area (TPSA) is 58.2 Å². The van der Waals surface area contributed by atoms with E-state index in [1.54, 1.807) is 0 Å². The van der Waals surface area contributed by atoms with Crippen molar-refractivity contribution in [3.63, 3.8) is 0 Å².